The number of carbonyl (C=O) groups is 1. The molecule has 2 aliphatic rings. The van der Waals surface area contributed by atoms with Crippen LogP contribution < -0.4 is 19.5 Å². The van der Waals surface area contributed by atoms with Gasteiger partial charge in [0.1, 0.15) is 13.2 Å². The highest BCUT2D eigenvalue weighted by atomic mass is 16.6. The molecule has 1 atom stereocenters. The van der Waals surface area contributed by atoms with Gasteiger partial charge in [0.15, 0.2) is 11.5 Å². The van der Waals surface area contributed by atoms with E-state index in [1.165, 1.54) is 12.8 Å². The largest absolute Gasteiger partial charge is 0.493 e. The molecule has 150 valence electrons. The Hall–Kier alpha value is -1.95. The van der Waals surface area contributed by atoms with Crippen molar-refractivity contribution in [2.24, 2.45) is 11.8 Å². The van der Waals surface area contributed by atoms with Gasteiger partial charge in [0.25, 0.3) is 5.91 Å². The molecule has 0 bridgehead atoms. The number of ether oxygens (including phenoxy) is 3. The molecule has 1 N–H and O–H groups in total. The highest BCUT2D eigenvalue weighted by Crippen LogP contribution is 2.40. The third-order valence-corrected chi connectivity index (χ3v) is 5.62. The van der Waals surface area contributed by atoms with Crippen molar-refractivity contribution in [1.82, 2.24) is 10.2 Å². The minimum atomic E-state index is -0.110. The van der Waals surface area contributed by atoms with Crippen molar-refractivity contribution in [1.29, 1.82) is 0 Å². The monoisotopic (exact) mass is 376 g/mol. The van der Waals surface area contributed by atoms with Crippen molar-refractivity contribution in [2.75, 3.05) is 40.0 Å². The first-order valence-corrected chi connectivity index (χ1v) is 9.99. The Bertz CT molecular complexity index is 637. The predicted octanol–water partition coefficient (Wildman–Crippen LogP) is 2.95. The van der Waals surface area contributed by atoms with Crippen LogP contribution in [0.2, 0.25) is 0 Å². The summed E-state index contributed by atoms with van der Waals surface area (Å²) in [5, 5.41) is 3.11. The summed E-state index contributed by atoms with van der Waals surface area (Å²) < 4.78 is 16.6. The number of piperidine rings is 1. The zero-order valence-corrected chi connectivity index (χ0v) is 16.9. The summed E-state index contributed by atoms with van der Waals surface area (Å²) in [5.74, 6) is 2.84. The van der Waals surface area contributed by atoms with Gasteiger partial charge in [0.2, 0.25) is 5.75 Å². The van der Waals surface area contributed by atoms with E-state index in [0.717, 1.165) is 19.0 Å². The fourth-order valence-corrected chi connectivity index (χ4v) is 3.85. The third-order valence-electron chi connectivity index (χ3n) is 5.62. The van der Waals surface area contributed by atoms with Gasteiger partial charge in [0.05, 0.1) is 7.11 Å². The van der Waals surface area contributed by atoms with Gasteiger partial charge in [-0.15, -0.1) is 0 Å². The molecule has 1 unspecified atom stereocenters. The number of benzene rings is 1. The summed E-state index contributed by atoms with van der Waals surface area (Å²) >= 11 is 0. The van der Waals surface area contributed by atoms with Crippen molar-refractivity contribution in [3.63, 3.8) is 0 Å². The van der Waals surface area contributed by atoms with Crippen molar-refractivity contribution >= 4 is 5.91 Å². The second kappa shape index (κ2) is 8.83. The van der Waals surface area contributed by atoms with Crippen LogP contribution in [0.5, 0.6) is 17.2 Å². The van der Waals surface area contributed by atoms with Crippen molar-refractivity contribution in [2.45, 2.75) is 39.7 Å². The Morgan fingerprint density at radius 3 is 2.63 bits per heavy atom. The molecule has 1 amide bonds. The molecule has 0 spiro atoms. The number of rotatable bonds is 6. The van der Waals surface area contributed by atoms with Gasteiger partial charge >= 0.3 is 0 Å². The molecule has 1 saturated heterocycles. The van der Waals surface area contributed by atoms with Crippen LogP contribution in [0.3, 0.4) is 0 Å². The van der Waals surface area contributed by atoms with E-state index in [1.807, 2.05) is 0 Å². The molecule has 3 rings (SSSR count). The van der Waals surface area contributed by atoms with E-state index in [1.54, 1.807) is 19.2 Å². The summed E-state index contributed by atoms with van der Waals surface area (Å²) in [6.45, 7) is 10.6. The van der Waals surface area contributed by atoms with Crippen molar-refractivity contribution < 1.29 is 19.0 Å². The van der Waals surface area contributed by atoms with Crippen molar-refractivity contribution in [3.8, 4) is 17.2 Å². The second-order valence-corrected chi connectivity index (χ2v) is 7.94. The van der Waals surface area contributed by atoms with Gasteiger partial charge in [0, 0.05) is 18.2 Å². The summed E-state index contributed by atoms with van der Waals surface area (Å²) in [6.07, 6.45) is 2.47. The lowest BCUT2D eigenvalue weighted by Crippen LogP contribution is -2.49. The summed E-state index contributed by atoms with van der Waals surface area (Å²) in [4.78, 5) is 15.3. The number of hydrogen-bond donors (Lipinski definition) is 1. The molecular weight excluding hydrogens is 344 g/mol. The van der Waals surface area contributed by atoms with Crippen LogP contribution in [0, 0.1) is 11.8 Å². The fourth-order valence-electron chi connectivity index (χ4n) is 3.85. The Morgan fingerprint density at radius 2 is 1.96 bits per heavy atom. The minimum Gasteiger partial charge on any atom is -0.493 e. The summed E-state index contributed by atoms with van der Waals surface area (Å²) in [7, 11) is 1.57. The van der Waals surface area contributed by atoms with E-state index in [2.05, 4.69) is 31.0 Å². The van der Waals surface area contributed by atoms with Gasteiger partial charge in [-0.2, -0.15) is 0 Å². The molecule has 27 heavy (non-hydrogen) atoms. The van der Waals surface area contributed by atoms with Gasteiger partial charge in [-0.3, -0.25) is 9.69 Å². The third kappa shape index (κ3) is 4.67. The fraction of sp³-hybridized carbons (Fsp3) is 0.667. The number of nitrogens with one attached hydrogen (secondary N) is 1. The molecule has 0 radical (unpaired) electrons. The lowest BCUT2D eigenvalue weighted by atomic mass is 9.94. The Morgan fingerprint density at radius 1 is 1.26 bits per heavy atom. The van der Waals surface area contributed by atoms with Crippen molar-refractivity contribution in [3.05, 3.63) is 17.7 Å². The maximum atomic E-state index is 12.8. The van der Waals surface area contributed by atoms with E-state index in [4.69, 9.17) is 14.2 Å². The molecule has 1 aromatic carbocycles. The minimum absolute atomic E-state index is 0.110. The van der Waals surface area contributed by atoms with Gasteiger partial charge in [-0.05, 0) is 49.9 Å². The standard InChI is InChI=1S/C21H32N2O4/c1-14(2)17(23-7-5-15(3)6-8-23)13-22-21(24)16-11-18(25-4)20-19(12-16)26-9-10-27-20/h11-12,14-15,17H,5-10,13H2,1-4H3,(H,22,24). The summed E-state index contributed by atoms with van der Waals surface area (Å²) in [6, 6.07) is 3.80. The molecule has 0 aromatic heterocycles. The van der Waals surface area contributed by atoms with Crippen LogP contribution >= 0.6 is 0 Å². The van der Waals surface area contributed by atoms with Gasteiger partial charge < -0.3 is 19.5 Å². The van der Waals surface area contributed by atoms with Crippen LogP contribution in [-0.4, -0.2) is 56.8 Å². The Kier molecular flexibility index (Phi) is 6.47. The first-order valence-electron chi connectivity index (χ1n) is 9.99. The van der Waals surface area contributed by atoms with E-state index in [0.29, 0.717) is 54.5 Å². The number of carbonyl (C=O) groups excluding carboxylic acids is 1. The number of hydrogen-bond acceptors (Lipinski definition) is 5. The van der Waals surface area contributed by atoms with E-state index >= 15 is 0 Å². The number of fused-ring (bicyclic) bond motifs is 1. The quantitative estimate of drug-likeness (QED) is 0.827. The van der Waals surface area contributed by atoms with Gasteiger partial charge in [-0.1, -0.05) is 20.8 Å². The average molecular weight is 376 g/mol. The smallest absolute Gasteiger partial charge is 0.251 e. The van der Waals surface area contributed by atoms with E-state index < -0.39 is 0 Å². The number of likely N-dealkylation sites (tertiary alicyclic amines) is 1. The molecule has 6 heteroatoms. The summed E-state index contributed by atoms with van der Waals surface area (Å²) in [5.41, 5.74) is 0.533. The maximum absolute atomic E-state index is 12.8. The van der Waals surface area contributed by atoms with E-state index in [9.17, 15) is 4.79 Å². The zero-order chi connectivity index (χ0) is 19.4. The zero-order valence-electron chi connectivity index (χ0n) is 16.9. The number of methoxy groups -OCH3 is 1. The Balaban J connectivity index is 1.67. The highest BCUT2D eigenvalue weighted by Gasteiger charge is 2.27. The van der Waals surface area contributed by atoms with E-state index in [-0.39, 0.29) is 5.91 Å². The first kappa shape index (κ1) is 19.8. The van der Waals surface area contributed by atoms with Crippen LogP contribution in [-0.2, 0) is 0 Å². The average Bonchev–Trinajstić information content (AvgIpc) is 2.68. The lowest BCUT2D eigenvalue weighted by Gasteiger charge is -2.38. The first-order chi connectivity index (χ1) is 13.0. The number of nitrogens with zero attached hydrogens (tertiary/aromatic N) is 1. The van der Waals surface area contributed by atoms with Crippen LogP contribution in [0.15, 0.2) is 12.1 Å². The Labute approximate surface area is 162 Å². The van der Waals surface area contributed by atoms with Gasteiger partial charge in [-0.25, -0.2) is 0 Å². The molecular formula is C21H32N2O4. The molecule has 0 aliphatic carbocycles. The normalized spacial score (nSPS) is 19.0. The predicted molar refractivity (Wildman–Crippen MR) is 105 cm³/mol. The molecule has 0 saturated carbocycles. The van der Waals surface area contributed by atoms with Crippen LogP contribution in [0.1, 0.15) is 44.0 Å². The van der Waals surface area contributed by atoms with Crippen LogP contribution in [0.4, 0.5) is 0 Å². The lowest BCUT2D eigenvalue weighted by molar-refractivity contribution is 0.0861. The second-order valence-electron chi connectivity index (χ2n) is 7.94. The maximum Gasteiger partial charge on any atom is 0.251 e. The molecule has 2 heterocycles. The van der Waals surface area contributed by atoms with Crippen LogP contribution in [0.25, 0.3) is 0 Å². The molecule has 1 fully saturated rings. The number of amides is 1. The SMILES string of the molecule is COc1cc(C(=O)NCC(C(C)C)N2CCC(C)CC2)cc2c1OCCO2. The molecule has 2 aliphatic heterocycles. The molecule has 1 aromatic rings. The topological polar surface area (TPSA) is 60.0 Å². The molecule has 6 nitrogen and oxygen atoms in total. The highest BCUT2D eigenvalue weighted by molar-refractivity contribution is 5.95.